The molecule has 2 aromatic rings. The number of unbranched alkanes of at least 4 members (excludes halogenated alkanes) is 3. The Balaban J connectivity index is 1.36. The van der Waals surface area contributed by atoms with Gasteiger partial charge in [-0.25, -0.2) is 9.97 Å². The van der Waals surface area contributed by atoms with Crippen LogP contribution < -0.4 is 4.74 Å². The molecule has 134 valence electrons. The molecule has 0 bridgehead atoms. The molecule has 2 aromatic heterocycles. The normalized spacial score (nSPS) is 13.8. The fraction of sp³-hybridized carbons (Fsp3) is 0.550. The van der Waals surface area contributed by atoms with Crippen LogP contribution in [-0.4, -0.2) is 27.8 Å². The molecule has 1 N–H and O–H groups in total. The highest BCUT2D eigenvalue weighted by atomic mass is 16.5. The van der Waals surface area contributed by atoms with Crippen LogP contribution in [0.4, 0.5) is 0 Å². The van der Waals surface area contributed by atoms with Crippen LogP contribution in [-0.2, 0) is 11.2 Å². The number of hydrogen-bond donors (Lipinski definition) is 1. The van der Waals surface area contributed by atoms with E-state index in [-0.39, 0.29) is 0 Å². The van der Waals surface area contributed by atoms with Gasteiger partial charge in [-0.05, 0) is 43.7 Å². The monoisotopic (exact) mass is 341 g/mol. The number of nitrogens with zero attached hydrogens (tertiary/aromatic N) is 2. The summed E-state index contributed by atoms with van der Waals surface area (Å²) >= 11 is 0. The van der Waals surface area contributed by atoms with Crippen molar-refractivity contribution >= 4 is 5.78 Å². The number of H-pyrrole nitrogens is 1. The van der Waals surface area contributed by atoms with Crippen molar-refractivity contribution in [1.82, 2.24) is 15.0 Å². The number of Topliss-reactive ketones (excluding diaryl/α,β-unsaturated/α-hetero) is 1. The average molecular weight is 341 g/mol. The second-order valence-electron chi connectivity index (χ2n) is 6.90. The molecule has 5 nitrogen and oxygen atoms in total. The minimum Gasteiger partial charge on any atom is -0.481 e. The number of ketones is 1. The molecule has 25 heavy (non-hydrogen) atoms. The maximum Gasteiger partial charge on any atom is 0.222 e. The number of carbonyl (C=O) groups excluding carboxylic acids is 1. The van der Waals surface area contributed by atoms with Crippen molar-refractivity contribution in [3.05, 3.63) is 30.4 Å². The Morgan fingerprint density at radius 2 is 2.08 bits per heavy atom. The fourth-order valence-electron chi connectivity index (χ4n) is 3.10. The standard InChI is InChI=1S/C20H27N3O2/c1-25-20-17(8-6-12-21-20)18-14-22-19(23-18)9-5-3-2-4-7-16(24)13-15-10-11-15/h6,8,12,14-15H,2-5,7,9-11,13H2,1H3,(H,22,23). The summed E-state index contributed by atoms with van der Waals surface area (Å²) in [7, 11) is 1.62. The van der Waals surface area contributed by atoms with Crippen LogP contribution in [0.3, 0.4) is 0 Å². The smallest absolute Gasteiger partial charge is 0.222 e. The molecule has 0 spiro atoms. The van der Waals surface area contributed by atoms with Crippen molar-refractivity contribution in [2.24, 2.45) is 5.92 Å². The Morgan fingerprint density at radius 3 is 2.88 bits per heavy atom. The largest absolute Gasteiger partial charge is 0.481 e. The van der Waals surface area contributed by atoms with Gasteiger partial charge >= 0.3 is 0 Å². The van der Waals surface area contributed by atoms with E-state index in [0.717, 1.165) is 67.9 Å². The highest BCUT2D eigenvalue weighted by Gasteiger charge is 2.23. The van der Waals surface area contributed by atoms with Crippen molar-refractivity contribution in [3.63, 3.8) is 0 Å². The number of aromatic nitrogens is 3. The van der Waals surface area contributed by atoms with E-state index in [1.807, 2.05) is 18.3 Å². The van der Waals surface area contributed by atoms with E-state index in [1.165, 1.54) is 12.8 Å². The highest BCUT2D eigenvalue weighted by molar-refractivity contribution is 5.78. The van der Waals surface area contributed by atoms with Gasteiger partial charge in [0.05, 0.1) is 24.6 Å². The summed E-state index contributed by atoms with van der Waals surface area (Å²) in [5.74, 6) is 2.78. The molecule has 1 saturated carbocycles. The zero-order chi connectivity index (χ0) is 17.5. The van der Waals surface area contributed by atoms with Crippen molar-refractivity contribution in [2.45, 2.75) is 57.8 Å². The summed E-state index contributed by atoms with van der Waals surface area (Å²) in [4.78, 5) is 23.7. The molecule has 1 aliphatic carbocycles. The first-order chi connectivity index (χ1) is 12.3. The molecular weight excluding hydrogens is 314 g/mol. The lowest BCUT2D eigenvalue weighted by Crippen LogP contribution is -1.98. The molecule has 0 aliphatic heterocycles. The minimum atomic E-state index is 0.462. The molecule has 0 radical (unpaired) electrons. The third kappa shape index (κ3) is 5.41. The summed E-state index contributed by atoms with van der Waals surface area (Å²) in [6.07, 6.45) is 13.0. The summed E-state index contributed by atoms with van der Waals surface area (Å²) < 4.78 is 5.30. The van der Waals surface area contributed by atoms with E-state index in [9.17, 15) is 4.79 Å². The number of aryl methyl sites for hydroxylation is 1. The van der Waals surface area contributed by atoms with Gasteiger partial charge in [0.2, 0.25) is 5.88 Å². The lowest BCUT2D eigenvalue weighted by molar-refractivity contribution is -0.119. The van der Waals surface area contributed by atoms with Crippen LogP contribution in [0.2, 0.25) is 0 Å². The van der Waals surface area contributed by atoms with Crippen LogP contribution in [0.25, 0.3) is 11.3 Å². The van der Waals surface area contributed by atoms with Gasteiger partial charge in [0.15, 0.2) is 0 Å². The molecular formula is C20H27N3O2. The molecule has 1 fully saturated rings. The number of pyridine rings is 1. The van der Waals surface area contributed by atoms with E-state index in [0.29, 0.717) is 11.7 Å². The summed E-state index contributed by atoms with van der Waals surface area (Å²) in [6.45, 7) is 0. The molecule has 0 saturated heterocycles. The maximum absolute atomic E-state index is 11.7. The number of hydrogen-bond acceptors (Lipinski definition) is 4. The molecule has 5 heteroatoms. The van der Waals surface area contributed by atoms with Crippen LogP contribution in [0.5, 0.6) is 5.88 Å². The van der Waals surface area contributed by atoms with Crippen molar-refractivity contribution < 1.29 is 9.53 Å². The number of imidazole rings is 1. The molecule has 0 atom stereocenters. The molecule has 0 unspecified atom stereocenters. The Hall–Kier alpha value is -2.17. The van der Waals surface area contributed by atoms with Crippen molar-refractivity contribution in [2.75, 3.05) is 7.11 Å². The second-order valence-corrected chi connectivity index (χ2v) is 6.90. The molecule has 2 heterocycles. The van der Waals surface area contributed by atoms with Gasteiger partial charge in [-0.15, -0.1) is 0 Å². The highest BCUT2D eigenvalue weighted by Crippen LogP contribution is 2.33. The Bertz CT molecular complexity index is 692. The second kappa shape index (κ2) is 8.79. The molecule has 0 aromatic carbocycles. The Morgan fingerprint density at radius 1 is 1.24 bits per heavy atom. The van der Waals surface area contributed by atoms with E-state index in [2.05, 4.69) is 15.0 Å². The first-order valence-electron chi connectivity index (χ1n) is 9.31. The Kier molecular flexibility index (Phi) is 6.20. The average Bonchev–Trinajstić information content (AvgIpc) is 3.32. The van der Waals surface area contributed by atoms with Gasteiger partial charge in [0.1, 0.15) is 11.6 Å². The Labute approximate surface area is 149 Å². The van der Waals surface area contributed by atoms with Gasteiger partial charge in [-0.2, -0.15) is 0 Å². The zero-order valence-corrected chi connectivity index (χ0v) is 15.0. The van der Waals surface area contributed by atoms with E-state index < -0.39 is 0 Å². The number of nitrogens with one attached hydrogen (secondary N) is 1. The van der Waals surface area contributed by atoms with Crippen LogP contribution in [0.15, 0.2) is 24.5 Å². The summed E-state index contributed by atoms with van der Waals surface area (Å²) in [6, 6.07) is 3.87. The number of methoxy groups -OCH3 is 1. The lowest BCUT2D eigenvalue weighted by Gasteiger charge is -2.04. The van der Waals surface area contributed by atoms with Gasteiger partial charge < -0.3 is 9.72 Å². The quantitative estimate of drug-likeness (QED) is 0.617. The topological polar surface area (TPSA) is 67.9 Å². The van der Waals surface area contributed by atoms with E-state index >= 15 is 0 Å². The SMILES string of the molecule is COc1ncccc1-c1cnc(CCCCCCC(=O)CC2CC2)[nH]1. The first kappa shape index (κ1) is 17.6. The van der Waals surface area contributed by atoms with Crippen LogP contribution >= 0.6 is 0 Å². The number of ether oxygens (including phenoxy) is 1. The number of aromatic amines is 1. The van der Waals surface area contributed by atoms with Crippen LogP contribution in [0.1, 0.15) is 57.2 Å². The molecule has 1 aliphatic rings. The van der Waals surface area contributed by atoms with Gasteiger partial charge in [0, 0.05) is 25.5 Å². The number of carbonyl (C=O) groups is 1. The molecule has 0 amide bonds. The summed E-state index contributed by atoms with van der Waals surface area (Å²) in [5, 5.41) is 0. The van der Waals surface area contributed by atoms with Crippen molar-refractivity contribution in [1.29, 1.82) is 0 Å². The van der Waals surface area contributed by atoms with Crippen LogP contribution in [0, 0.1) is 5.92 Å². The van der Waals surface area contributed by atoms with E-state index in [4.69, 9.17) is 4.74 Å². The number of rotatable bonds is 11. The zero-order valence-electron chi connectivity index (χ0n) is 15.0. The fourth-order valence-corrected chi connectivity index (χ4v) is 3.10. The third-order valence-corrected chi connectivity index (χ3v) is 4.72. The van der Waals surface area contributed by atoms with Gasteiger partial charge in [0.25, 0.3) is 0 Å². The maximum atomic E-state index is 11.7. The third-order valence-electron chi connectivity index (χ3n) is 4.72. The van der Waals surface area contributed by atoms with Gasteiger partial charge in [-0.1, -0.05) is 12.8 Å². The first-order valence-corrected chi connectivity index (χ1v) is 9.31. The predicted octanol–water partition coefficient (Wildman–Crippen LogP) is 4.34. The van der Waals surface area contributed by atoms with Crippen molar-refractivity contribution in [3.8, 4) is 17.1 Å². The predicted molar refractivity (Wildman–Crippen MR) is 97.5 cm³/mol. The lowest BCUT2D eigenvalue weighted by atomic mass is 10.1. The minimum absolute atomic E-state index is 0.462. The van der Waals surface area contributed by atoms with Gasteiger partial charge in [-0.3, -0.25) is 4.79 Å². The molecule has 3 rings (SSSR count). The van der Waals surface area contributed by atoms with E-state index in [1.54, 1.807) is 13.3 Å². The summed E-state index contributed by atoms with van der Waals surface area (Å²) in [5.41, 5.74) is 1.86.